The number of nitrogens with zero attached hydrogens (tertiary/aromatic N) is 1. The Morgan fingerprint density at radius 2 is 1.79 bits per heavy atom. The van der Waals surface area contributed by atoms with E-state index < -0.39 is 6.29 Å². The van der Waals surface area contributed by atoms with Gasteiger partial charge in [-0.1, -0.05) is 38.8 Å². The lowest BCUT2D eigenvalue weighted by Gasteiger charge is -2.44. The van der Waals surface area contributed by atoms with Gasteiger partial charge in [-0.3, -0.25) is 9.59 Å². The summed E-state index contributed by atoms with van der Waals surface area (Å²) in [6, 6.07) is 6.18. The molecule has 3 aliphatic heterocycles. The third kappa shape index (κ3) is 10.5. The first-order valence-electron chi connectivity index (χ1n) is 16.9. The molecule has 1 unspecified atom stereocenters. The Kier molecular flexibility index (Phi) is 13.2. The minimum Gasteiger partial charge on any atom is -0.488 e. The number of fused-ring (bicyclic) bond motifs is 4. The van der Waals surface area contributed by atoms with Crippen molar-refractivity contribution in [1.82, 2.24) is 4.90 Å². The van der Waals surface area contributed by atoms with Crippen LogP contribution >= 0.6 is 0 Å². The zero-order chi connectivity index (χ0) is 30.8. The number of aliphatic hydroxyl groups excluding tert-OH is 1. The van der Waals surface area contributed by atoms with Gasteiger partial charge in [0.15, 0.2) is 6.29 Å². The van der Waals surface area contributed by atoms with Crippen LogP contribution in [0.3, 0.4) is 0 Å². The molecule has 3 fully saturated rings. The van der Waals surface area contributed by atoms with Gasteiger partial charge in [0.2, 0.25) is 0 Å². The molecule has 0 saturated carbocycles. The molecule has 1 aromatic carbocycles. The van der Waals surface area contributed by atoms with E-state index in [4.69, 9.17) is 18.9 Å². The molecule has 0 radical (unpaired) electrons. The number of carbonyl (C=O) groups excluding carboxylic acids is 2. The number of aliphatic hydroxyl groups is 1. The zero-order valence-corrected chi connectivity index (χ0v) is 26.9. The molecule has 1 aliphatic carbocycles. The molecule has 0 amide bonds. The van der Waals surface area contributed by atoms with Crippen molar-refractivity contribution >= 4 is 11.9 Å². The van der Waals surface area contributed by atoms with Crippen molar-refractivity contribution < 1.29 is 33.6 Å². The average molecular weight is 602 g/mol. The van der Waals surface area contributed by atoms with Crippen LogP contribution in [0.2, 0.25) is 0 Å². The highest BCUT2D eigenvalue weighted by Crippen LogP contribution is 2.36. The Hall–Kier alpha value is -2.16. The van der Waals surface area contributed by atoms with E-state index in [-0.39, 0.29) is 42.8 Å². The lowest BCUT2D eigenvalue weighted by Crippen LogP contribution is -2.52. The van der Waals surface area contributed by atoms with Gasteiger partial charge in [-0.15, -0.1) is 0 Å². The highest BCUT2D eigenvalue weighted by atomic mass is 16.6. The molecule has 3 heterocycles. The summed E-state index contributed by atoms with van der Waals surface area (Å²) in [6.45, 7) is 10.6. The number of piperidine rings is 3. The summed E-state index contributed by atoms with van der Waals surface area (Å²) < 4.78 is 23.7. The molecule has 0 aromatic heterocycles. The maximum atomic E-state index is 12.1. The molecule has 2 bridgehead atoms. The van der Waals surface area contributed by atoms with E-state index in [2.05, 4.69) is 24.8 Å². The summed E-state index contributed by atoms with van der Waals surface area (Å²) in [6.07, 6.45) is 10.5. The van der Waals surface area contributed by atoms with Crippen molar-refractivity contribution in [2.75, 3.05) is 26.2 Å². The minimum atomic E-state index is -0.951. The lowest BCUT2D eigenvalue weighted by molar-refractivity contribution is -0.188. The van der Waals surface area contributed by atoms with E-state index >= 15 is 0 Å². The number of carbonyl (C=O) groups is 2. The molecule has 6 atom stereocenters. The molecule has 8 heteroatoms. The van der Waals surface area contributed by atoms with Crippen LogP contribution in [0, 0.1) is 17.8 Å². The van der Waals surface area contributed by atoms with E-state index in [1.807, 2.05) is 12.1 Å². The number of rotatable bonds is 17. The number of hydrogen-bond acceptors (Lipinski definition) is 8. The van der Waals surface area contributed by atoms with Crippen LogP contribution in [0.15, 0.2) is 18.2 Å². The predicted molar refractivity (Wildman–Crippen MR) is 166 cm³/mol. The molecule has 5 rings (SSSR count). The van der Waals surface area contributed by atoms with Crippen molar-refractivity contribution in [3.63, 3.8) is 0 Å². The standard InChI is InChI=1S/C35H55NO7/c1-5-6-7-10-30(41-25(3)37)15-12-24(2)33(42-26(4)38)21-27-13-14-28-9-8-11-32(31(28)20-27)40-23-35(39)43-34-22-36-18-16-29(34)17-19-36/h8-9,11,24,27,29-30,33-35,39H,5-7,10,12-23H2,1-4H3/t24-,27-,30-,33+,34+,35?/m0/s1. The second-order valence-corrected chi connectivity index (χ2v) is 13.2. The first-order chi connectivity index (χ1) is 20.7. The first kappa shape index (κ1) is 33.7. The van der Waals surface area contributed by atoms with E-state index in [0.29, 0.717) is 11.8 Å². The number of ether oxygens (including phenoxy) is 4. The van der Waals surface area contributed by atoms with E-state index in [9.17, 15) is 14.7 Å². The van der Waals surface area contributed by atoms with Crippen LogP contribution in [0.25, 0.3) is 0 Å². The van der Waals surface area contributed by atoms with Gasteiger partial charge < -0.3 is 29.0 Å². The Bertz CT molecular complexity index is 1020. The third-order valence-electron chi connectivity index (χ3n) is 9.78. The maximum absolute atomic E-state index is 12.1. The molecule has 0 spiro atoms. The fraction of sp³-hybridized carbons (Fsp3) is 0.771. The van der Waals surface area contributed by atoms with Crippen molar-refractivity contribution in [3.05, 3.63) is 29.3 Å². The van der Waals surface area contributed by atoms with Gasteiger partial charge in [0.25, 0.3) is 0 Å². The molecule has 8 nitrogen and oxygen atoms in total. The zero-order valence-electron chi connectivity index (χ0n) is 26.9. The molecular formula is C35H55NO7. The minimum absolute atomic E-state index is 0.0796. The van der Waals surface area contributed by atoms with Gasteiger partial charge in [-0.25, -0.2) is 0 Å². The highest BCUT2D eigenvalue weighted by molar-refractivity contribution is 5.66. The second kappa shape index (κ2) is 16.8. The third-order valence-corrected chi connectivity index (χ3v) is 9.78. The molecule has 1 N–H and O–H groups in total. The largest absolute Gasteiger partial charge is 0.488 e. The first-order valence-corrected chi connectivity index (χ1v) is 16.9. The number of hydrogen-bond donors (Lipinski definition) is 1. The van der Waals surface area contributed by atoms with E-state index in [1.54, 1.807) is 0 Å². The number of benzene rings is 1. The monoisotopic (exact) mass is 601 g/mol. The average Bonchev–Trinajstić information content (AvgIpc) is 2.98. The fourth-order valence-electron chi connectivity index (χ4n) is 7.32. The molecule has 3 saturated heterocycles. The summed E-state index contributed by atoms with van der Waals surface area (Å²) in [5.41, 5.74) is 2.48. The van der Waals surface area contributed by atoms with Crippen LogP contribution in [-0.4, -0.2) is 72.8 Å². The summed E-state index contributed by atoms with van der Waals surface area (Å²) >= 11 is 0. The van der Waals surface area contributed by atoms with Gasteiger partial charge in [0, 0.05) is 20.4 Å². The van der Waals surface area contributed by atoms with Crippen molar-refractivity contribution in [1.29, 1.82) is 0 Å². The van der Waals surface area contributed by atoms with Gasteiger partial charge in [0.05, 0.1) is 6.10 Å². The topological polar surface area (TPSA) is 94.5 Å². The van der Waals surface area contributed by atoms with Gasteiger partial charge in [-0.05, 0) is 112 Å². The molecule has 43 heavy (non-hydrogen) atoms. The molecule has 242 valence electrons. The van der Waals surface area contributed by atoms with Crippen LogP contribution in [0.1, 0.15) is 103 Å². The van der Waals surface area contributed by atoms with Crippen LogP contribution in [0.4, 0.5) is 0 Å². The second-order valence-electron chi connectivity index (χ2n) is 13.2. The number of esters is 2. The Morgan fingerprint density at radius 1 is 1.02 bits per heavy atom. The Balaban J connectivity index is 1.32. The fourth-order valence-corrected chi connectivity index (χ4v) is 7.32. The summed E-state index contributed by atoms with van der Waals surface area (Å²) in [5.74, 6) is 1.36. The smallest absolute Gasteiger partial charge is 0.302 e. The van der Waals surface area contributed by atoms with Gasteiger partial charge in [0.1, 0.15) is 24.6 Å². The predicted octanol–water partition coefficient (Wildman–Crippen LogP) is 5.85. The summed E-state index contributed by atoms with van der Waals surface area (Å²) in [4.78, 5) is 26.2. The van der Waals surface area contributed by atoms with Crippen molar-refractivity contribution in [2.24, 2.45) is 17.8 Å². The normalized spacial score (nSPS) is 25.7. The van der Waals surface area contributed by atoms with Crippen molar-refractivity contribution in [3.8, 4) is 5.75 Å². The lowest BCUT2D eigenvalue weighted by atomic mass is 9.78. The van der Waals surface area contributed by atoms with Crippen molar-refractivity contribution in [2.45, 2.75) is 129 Å². The Labute approximate surface area is 258 Å². The SMILES string of the molecule is CCCCC[C@@H](CC[C@H](C)[C@@H](C[C@H]1CCc2cccc(OCC(O)O[C@@H]3CN4CCC3CC4)c2C1)OC(C)=O)OC(C)=O. The quantitative estimate of drug-likeness (QED) is 0.135. The van der Waals surface area contributed by atoms with Crippen LogP contribution < -0.4 is 4.74 Å². The molecule has 1 aromatic rings. The summed E-state index contributed by atoms with van der Waals surface area (Å²) in [5, 5.41) is 10.7. The van der Waals surface area contributed by atoms with E-state index in [0.717, 1.165) is 102 Å². The summed E-state index contributed by atoms with van der Waals surface area (Å²) in [7, 11) is 0. The number of aryl methyl sites for hydroxylation is 1. The van der Waals surface area contributed by atoms with Gasteiger partial charge in [-0.2, -0.15) is 0 Å². The Morgan fingerprint density at radius 3 is 2.47 bits per heavy atom. The van der Waals surface area contributed by atoms with Gasteiger partial charge >= 0.3 is 11.9 Å². The van der Waals surface area contributed by atoms with E-state index in [1.165, 1.54) is 25.0 Å². The molecule has 4 aliphatic rings. The maximum Gasteiger partial charge on any atom is 0.302 e. The number of unbranched alkanes of at least 4 members (excludes halogenated alkanes) is 2. The highest BCUT2D eigenvalue weighted by Gasteiger charge is 2.36. The van der Waals surface area contributed by atoms with Crippen LogP contribution in [0.5, 0.6) is 5.75 Å². The van der Waals surface area contributed by atoms with Crippen LogP contribution in [-0.2, 0) is 36.6 Å². The molecular weight excluding hydrogens is 546 g/mol.